The number of pyridine rings is 1. The number of halogens is 1. The SMILES string of the molecule is Cc1nccn1-c1ccccc1CNC(=O)c1cc(Cl)c[nH]c1=O. The fourth-order valence-electron chi connectivity index (χ4n) is 2.42. The zero-order valence-corrected chi connectivity index (χ0v) is 13.7. The predicted octanol–water partition coefficient (Wildman–Crippen LogP) is 2.45. The fourth-order valence-corrected chi connectivity index (χ4v) is 2.59. The average molecular weight is 343 g/mol. The van der Waals surface area contributed by atoms with Crippen molar-refractivity contribution in [1.29, 1.82) is 0 Å². The van der Waals surface area contributed by atoms with Crippen LogP contribution < -0.4 is 10.9 Å². The minimum Gasteiger partial charge on any atom is -0.348 e. The van der Waals surface area contributed by atoms with Gasteiger partial charge in [0.2, 0.25) is 0 Å². The lowest BCUT2D eigenvalue weighted by Gasteiger charge is -2.12. The van der Waals surface area contributed by atoms with Crippen LogP contribution in [0, 0.1) is 6.92 Å². The lowest BCUT2D eigenvalue weighted by molar-refractivity contribution is 0.0949. The molecule has 0 aliphatic carbocycles. The third-order valence-corrected chi connectivity index (χ3v) is 3.85. The third kappa shape index (κ3) is 3.23. The van der Waals surface area contributed by atoms with E-state index in [0.29, 0.717) is 5.02 Å². The number of carbonyl (C=O) groups excluding carboxylic acids is 1. The topological polar surface area (TPSA) is 79.8 Å². The van der Waals surface area contributed by atoms with E-state index in [9.17, 15) is 9.59 Å². The molecule has 3 aromatic rings. The van der Waals surface area contributed by atoms with Gasteiger partial charge in [0.1, 0.15) is 11.4 Å². The standard InChI is InChI=1S/C17H15ClN4O2/c1-11-19-6-7-22(11)15-5-3-2-4-12(15)9-20-16(23)14-8-13(18)10-21-17(14)24/h2-8,10H,9H2,1H3,(H,20,23)(H,21,24). The molecule has 0 aliphatic rings. The molecule has 0 saturated heterocycles. The first-order valence-electron chi connectivity index (χ1n) is 7.31. The van der Waals surface area contributed by atoms with E-state index >= 15 is 0 Å². The summed E-state index contributed by atoms with van der Waals surface area (Å²) in [5, 5.41) is 3.05. The summed E-state index contributed by atoms with van der Waals surface area (Å²) in [6.45, 7) is 2.18. The summed E-state index contributed by atoms with van der Waals surface area (Å²) in [5.74, 6) is 0.371. The Kier molecular flexibility index (Phi) is 4.48. The predicted molar refractivity (Wildman–Crippen MR) is 91.5 cm³/mol. The van der Waals surface area contributed by atoms with E-state index in [1.165, 1.54) is 12.3 Å². The van der Waals surface area contributed by atoms with Crippen molar-refractivity contribution in [2.24, 2.45) is 0 Å². The molecule has 0 bridgehead atoms. The van der Waals surface area contributed by atoms with E-state index in [0.717, 1.165) is 17.1 Å². The van der Waals surface area contributed by atoms with Crippen molar-refractivity contribution in [2.45, 2.75) is 13.5 Å². The molecule has 0 saturated carbocycles. The molecule has 2 aromatic heterocycles. The number of hydrogen-bond acceptors (Lipinski definition) is 3. The first-order chi connectivity index (χ1) is 11.6. The van der Waals surface area contributed by atoms with Gasteiger partial charge in [-0.05, 0) is 24.6 Å². The molecule has 2 heterocycles. The maximum Gasteiger partial charge on any atom is 0.260 e. The summed E-state index contributed by atoms with van der Waals surface area (Å²) >= 11 is 5.83. The first kappa shape index (κ1) is 16.0. The van der Waals surface area contributed by atoms with Crippen LogP contribution in [0.5, 0.6) is 0 Å². The highest BCUT2D eigenvalue weighted by Crippen LogP contribution is 2.16. The van der Waals surface area contributed by atoms with Gasteiger partial charge in [0.15, 0.2) is 0 Å². The molecule has 7 heteroatoms. The van der Waals surface area contributed by atoms with Crippen molar-refractivity contribution in [3.05, 3.63) is 81.3 Å². The number of imidazole rings is 1. The molecule has 24 heavy (non-hydrogen) atoms. The lowest BCUT2D eigenvalue weighted by Crippen LogP contribution is -2.29. The number of benzene rings is 1. The summed E-state index contributed by atoms with van der Waals surface area (Å²) in [6, 6.07) is 9.02. The molecular weight excluding hydrogens is 328 g/mol. The smallest absolute Gasteiger partial charge is 0.260 e. The number of aromatic nitrogens is 3. The summed E-state index contributed by atoms with van der Waals surface area (Å²) in [6.07, 6.45) is 4.92. The van der Waals surface area contributed by atoms with Crippen molar-refractivity contribution in [3.8, 4) is 5.69 Å². The van der Waals surface area contributed by atoms with Gasteiger partial charge in [-0.1, -0.05) is 29.8 Å². The van der Waals surface area contributed by atoms with Gasteiger partial charge in [0.25, 0.3) is 11.5 Å². The summed E-state index contributed by atoms with van der Waals surface area (Å²) in [7, 11) is 0. The molecule has 1 amide bonds. The minimum atomic E-state index is -0.476. The van der Waals surface area contributed by atoms with Crippen molar-refractivity contribution in [1.82, 2.24) is 19.9 Å². The van der Waals surface area contributed by atoms with Gasteiger partial charge in [-0.15, -0.1) is 0 Å². The quantitative estimate of drug-likeness (QED) is 0.764. The van der Waals surface area contributed by atoms with Gasteiger partial charge in [0, 0.05) is 25.1 Å². The zero-order valence-electron chi connectivity index (χ0n) is 12.9. The highest BCUT2D eigenvalue weighted by molar-refractivity contribution is 6.30. The number of nitrogens with zero attached hydrogens (tertiary/aromatic N) is 2. The minimum absolute atomic E-state index is 0.0150. The Morgan fingerprint density at radius 1 is 1.38 bits per heavy atom. The van der Waals surface area contributed by atoms with Gasteiger partial charge in [-0.25, -0.2) is 4.98 Å². The summed E-state index contributed by atoms with van der Waals surface area (Å²) < 4.78 is 1.94. The van der Waals surface area contributed by atoms with Gasteiger partial charge < -0.3 is 14.9 Å². The van der Waals surface area contributed by atoms with Crippen LogP contribution in [0.25, 0.3) is 5.69 Å². The Balaban J connectivity index is 1.83. The van der Waals surface area contributed by atoms with Gasteiger partial charge in [-0.3, -0.25) is 9.59 Å². The van der Waals surface area contributed by atoms with E-state index in [1.54, 1.807) is 6.20 Å². The second-order valence-corrected chi connectivity index (χ2v) is 5.65. The Hall–Kier alpha value is -2.86. The second-order valence-electron chi connectivity index (χ2n) is 5.22. The number of rotatable bonds is 4. The summed E-state index contributed by atoms with van der Waals surface area (Å²) in [5.41, 5.74) is 1.34. The number of hydrogen-bond donors (Lipinski definition) is 2. The molecule has 0 radical (unpaired) electrons. The molecule has 122 valence electrons. The van der Waals surface area contributed by atoms with Gasteiger partial charge in [-0.2, -0.15) is 0 Å². The number of aromatic amines is 1. The number of amides is 1. The molecule has 0 spiro atoms. The Morgan fingerprint density at radius 3 is 2.92 bits per heavy atom. The van der Waals surface area contributed by atoms with Crippen molar-refractivity contribution < 1.29 is 4.79 Å². The average Bonchev–Trinajstić information content (AvgIpc) is 3.01. The lowest BCUT2D eigenvalue weighted by atomic mass is 10.1. The van der Waals surface area contributed by atoms with Crippen LogP contribution in [0.3, 0.4) is 0 Å². The van der Waals surface area contributed by atoms with E-state index in [1.807, 2.05) is 42.0 Å². The number of aryl methyl sites for hydroxylation is 1. The molecule has 2 N–H and O–H groups in total. The Morgan fingerprint density at radius 2 is 2.17 bits per heavy atom. The fraction of sp³-hybridized carbons (Fsp3) is 0.118. The molecule has 0 atom stereocenters. The highest BCUT2D eigenvalue weighted by Gasteiger charge is 2.12. The third-order valence-electron chi connectivity index (χ3n) is 3.63. The van der Waals surface area contributed by atoms with Crippen LogP contribution in [0.1, 0.15) is 21.7 Å². The second kappa shape index (κ2) is 6.72. The monoisotopic (exact) mass is 342 g/mol. The van der Waals surface area contributed by atoms with Gasteiger partial charge >= 0.3 is 0 Å². The normalized spacial score (nSPS) is 10.6. The van der Waals surface area contributed by atoms with Crippen molar-refractivity contribution in [2.75, 3.05) is 0 Å². The van der Waals surface area contributed by atoms with E-state index < -0.39 is 11.5 Å². The van der Waals surface area contributed by atoms with Crippen LogP contribution in [0.2, 0.25) is 5.02 Å². The molecule has 0 aliphatic heterocycles. The van der Waals surface area contributed by atoms with Crippen LogP contribution in [0.15, 0.2) is 53.7 Å². The number of carbonyl (C=O) groups is 1. The summed E-state index contributed by atoms with van der Waals surface area (Å²) in [4.78, 5) is 30.6. The molecule has 0 fully saturated rings. The van der Waals surface area contributed by atoms with Crippen LogP contribution in [0.4, 0.5) is 0 Å². The first-order valence-corrected chi connectivity index (χ1v) is 7.68. The number of para-hydroxylation sites is 1. The van der Waals surface area contributed by atoms with Gasteiger partial charge in [0.05, 0.1) is 10.7 Å². The number of nitrogens with one attached hydrogen (secondary N) is 2. The van der Waals surface area contributed by atoms with Crippen molar-refractivity contribution >= 4 is 17.5 Å². The van der Waals surface area contributed by atoms with Crippen LogP contribution >= 0.6 is 11.6 Å². The van der Waals surface area contributed by atoms with Crippen LogP contribution in [-0.2, 0) is 6.54 Å². The maximum absolute atomic E-state index is 12.2. The molecule has 6 nitrogen and oxygen atoms in total. The molecular formula is C17H15ClN4O2. The Labute approximate surface area is 143 Å². The van der Waals surface area contributed by atoms with Crippen molar-refractivity contribution in [3.63, 3.8) is 0 Å². The van der Waals surface area contributed by atoms with E-state index in [4.69, 9.17) is 11.6 Å². The zero-order chi connectivity index (χ0) is 17.1. The van der Waals surface area contributed by atoms with E-state index in [-0.39, 0.29) is 12.1 Å². The Bertz CT molecular complexity index is 946. The maximum atomic E-state index is 12.2. The molecule has 1 aromatic carbocycles. The van der Waals surface area contributed by atoms with Crippen LogP contribution in [-0.4, -0.2) is 20.4 Å². The largest absolute Gasteiger partial charge is 0.348 e. The highest BCUT2D eigenvalue weighted by atomic mass is 35.5. The number of H-pyrrole nitrogens is 1. The molecule has 3 rings (SSSR count). The molecule has 0 unspecified atom stereocenters. The van der Waals surface area contributed by atoms with E-state index in [2.05, 4.69) is 15.3 Å².